The third kappa shape index (κ3) is 2.09. The molecule has 0 aliphatic heterocycles. The Bertz CT molecular complexity index is 299. The first-order chi connectivity index (χ1) is 8.20. The Morgan fingerprint density at radius 2 is 2.00 bits per heavy atom. The van der Waals surface area contributed by atoms with E-state index in [4.69, 9.17) is 0 Å². The van der Waals surface area contributed by atoms with E-state index in [1.165, 1.54) is 38.5 Å². The third-order valence-corrected chi connectivity index (χ3v) is 6.02. The lowest BCUT2D eigenvalue weighted by Gasteiger charge is -2.51. The van der Waals surface area contributed by atoms with Crippen molar-refractivity contribution in [2.75, 3.05) is 0 Å². The fraction of sp³-hybridized carbons (Fsp3) is 0.882. The van der Waals surface area contributed by atoms with Gasteiger partial charge in [-0.25, -0.2) is 0 Å². The molecule has 0 nitrogen and oxygen atoms in total. The average molecular weight is 232 g/mol. The van der Waals surface area contributed by atoms with Crippen LogP contribution >= 0.6 is 0 Å². The summed E-state index contributed by atoms with van der Waals surface area (Å²) in [7, 11) is 0. The van der Waals surface area contributed by atoms with Crippen molar-refractivity contribution in [2.24, 2.45) is 35.5 Å². The molecule has 96 valence electrons. The van der Waals surface area contributed by atoms with Gasteiger partial charge in [-0.05, 0) is 74.0 Å². The standard InChI is InChI=1S/C17H28/c1-4-13(14-5-6-14)10-15-7-8-16(15)17-11(2)9-12(17)3/h12-17H,2,4-10H2,1,3H3. The molecule has 3 saturated carbocycles. The van der Waals surface area contributed by atoms with Crippen LogP contribution in [0.5, 0.6) is 0 Å². The molecule has 0 radical (unpaired) electrons. The zero-order chi connectivity index (χ0) is 12.0. The highest BCUT2D eigenvalue weighted by Gasteiger charge is 2.46. The summed E-state index contributed by atoms with van der Waals surface area (Å²) < 4.78 is 0. The minimum Gasteiger partial charge on any atom is -0.0995 e. The van der Waals surface area contributed by atoms with E-state index in [9.17, 15) is 0 Å². The Labute approximate surface area is 107 Å². The maximum atomic E-state index is 4.28. The summed E-state index contributed by atoms with van der Waals surface area (Å²) in [4.78, 5) is 0. The van der Waals surface area contributed by atoms with Crippen LogP contribution in [0.1, 0.15) is 58.8 Å². The van der Waals surface area contributed by atoms with Gasteiger partial charge in [0.05, 0.1) is 0 Å². The zero-order valence-electron chi connectivity index (χ0n) is 11.6. The van der Waals surface area contributed by atoms with Crippen molar-refractivity contribution in [3.8, 4) is 0 Å². The van der Waals surface area contributed by atoms with Gasteiger partial charge in [-0.1, -0.05) is 32.4 Å². The van der Waals surface area contributed by atoms with Gasteiger partial charge in [-0.2, -0.15) is 0 Å². The molecule has 0 saturated heterocycles. The first kappa shape index (κ1) is 11.8. The molecule has 3 rings (SSSR count). The monoisotopic (exact) mass is 232 g/mol. The SMILES string of the molecule is C=C1CC(C)C1C1CCC1CC(CC)C1CC1. The maximum Gasteiger partial charge on any atom is -0.0146 e. The second-order valence-electron chi connectivity index (χ2n) is 7.11. The van der Waals surface area contributed by atoms with Gasteiger partial charge in [0.25, 0.3) is 0 Å². The van der Waals surface area contributed by atoms with E-state index in [0.717, 1.165) is 35.5 Å². The van der Waals surface area contributed by atoms with Gasteiger partial charge >= 0.3 is 0 Å². The Kier molecular flexibility index (Phi) is 3.09. The predicted octanol–water partition coefficient (Wildman–Crippen LogP) is 5.05. The minimum atomic E-state index is 0.908. The van der Waals surface area contributed by atoms with Crippen LogP contribution in [0.4, 0.5) is 0 Å². The van der Waals surface area contributed by atoms with Crippen LogP contribution in [0, 0.1) is 35.5 Å². The molecule has 3 fully saturated rings. The Morgan fingerprint density at radius 1 is 1.24 bits per heavy atom. The van der Waals surface area contributed by atoms with Crippen molar-refractivity contribution in [3.05, 3.63) is 12.2 Å². The second kappa shape index (κ2) is 4.44. The van der Waals surface area contributed by atoms with Crippen molar-refractivity contribution in [1.29, 1.82) is 0 Å². The van der Waals surface area contributed by atoms with Crippen LogP contribution in [-0.2, 0) is 0 Å². The molecule has 0 heterocycles. The molecule has 5 atom stereocenters. The lowest BCUT2D eigenvalue weighted by molar-refractivity contribution is 0.0400. The third-order valence-electron chi connectivity index (χ3n) is 6.02. The van der Waals surface area contributed by atoms with E-state index >= 15 is 0 Å². The summed E-state index contributed by atoms with van der Waals surface area (Å²) in [5.74, 6) is 6.11. The molecule has 0 amide bonds. The first-order valence-corrected chi connectivity index (χ1v) is 7.88. The van der Waals surface area contributed by atoms with Gasteiger partial charge in [0, 0.05) is 0 Å². The van der Waals surface area contributed by atoms with Crippen molar-refractivity contribution in [3.63, 3.8) is 0 Å². The lowest BCUT2D eigenvalue weighted by atomic mass is 9.54. The van der Waals surface area contributed by atoms with E-state index in [2.05, 4.69) is 20.4 Å². The molecule has 0 N–H and O–H groups in total. The minimum absolute atomic E-state index is 0.908. The molecule has 0 aromatic heterocycles. The van der Waals surface area contributed by atoms with Crippen molar-refractivity contribution in [2.45, 2.75) is 58.8 Å². The maximum absolute atomic E-state index is 4.28. The highest BCUT2D eigenvalue weighted by atomic mass is 14.5. The molecule has 0 bridgehead atoms. The molecule has 0 aromatic carbocycles. The normalized spacial score (nSPS) is 42.8. The summed E-state index contributed by atoms with van der Waals surface area (Å²) in [5, 5.41) is 0. The Hall–Kier alpha value is -0.260. The largest absolute Gasteiger partial charge is 0.0995 e. The molecular formula is C17H28. The summed E-state index contributed by atoms with van der Waals surface area (Å²) in [6.07, 6.45) is 10.4. The van der Waals surface area contributed by atoms with Gasteiger partial charge < -0.3 is 0 Å². The summed E-state index contributed by atoms with van der Waals surface area (Å²) >= 11 is 0. The van der Waals surface area contributed by atoms with Crippen LogP contribution in [0.25, 0.3) is 0 Å². The molecule has 3 aliphatic rings. The van der Waals surface area contributed by atoms with Gasteiger partial charge in [0.1, 0.15) is 0 Å². The predicted molar refractivity (Wildman–Crippen MR) is 73.7 cm³/mol. The van der Waals surface area contributed by atoms with Crippen molar-refractivity contribution < 1.29 is 0 Å². The fourth-order valence-corrected chi connectivity index (χ4v) is 4.65. The molecule has 17 heavy (non-hydrogen) atoms. The molecular weight excluding hydrogens is 204 g/mol. The lowest BCUT2D eigenvalue weighted by Crippen LogP contribution is -2.42. The molecule has 3 aliphatic carbocycles. The number of allylic oxidation sites excluding steroid dienone is 1. The van der Waals surface area contributed by atoms with Crippen LogP contribution in [-0.4, -0.2) is 0 Å². The molecule has 0 aromatic rings. The molecule has 5 unspecified atom stereocenters. The van der Waals surface area contributed by atoms with Crippen molar-refractivity contribution >= 4 is 0 Å². The smallest absolute Gasteiger partial charge is 0.0146 e. The number of rotatable bonds is 5. The summed E-state index contributed by atoms with van der Waals surface area (Å²) in [6, 6.07) is 0. The zero-order valence-corrected chi connectivity index (χ0v) is 11.6. The van der Waals surface area contributed by atoms with Gasteiger partial charge in [0.15, 0.2) is 0 Å². The topological polar surface area (TPSA) is 0 Å². The molecule has 0 heteroatoms. The van der Waals surface area contributed by atoms with E-state index in [-0.39, 0.29) is 0 Å². The van der Waals surface area contributed by atoms with Crippen LogP contribution in [0.2, 0.25) is 0 Å². The highest BCUT2D eigenvalue weighted by molar-refractivity contribution is 5.17. The first-order valence-electron chi connectivity index (χ1n) is 7.88. The van der Waals surface area contributed by atoms with Crippen LogP contribution < -0.4 is 0 Å². The van der Waals surface area contributed by atoms with Gasteiger partial charge in [-0.3, -0.25) is 0 Å². The number of hydrogen-bond acceptors (Lipinski definition) is 0. The van der Waals surface area contributed by atoms with E-state index in [0.29, 0.717) is 0 Å². The van der Waals surface area contributed by atoms with Gasteiger partial charge in [0.2, 0.25) is 0 Å². The Balaban J connectivity index is 1.55. The van der Waals surface area contributed by atoms with Crippen LogP contribution in [0.3, 0.4) is 0 Å². The fourth-order valence-electron chi connectivity index (χ4n) is 4.65. The highest BCUT2D eigenvalue weighted by Crippen LogP contribution is 2.55. The summed E-state index contributed by atoms with van der Waals surface area (Å²) in [6.45, 7) is 9.12. The van der Waals surface area contributed by atoms with Crippen LogP contribution in [0.15, 0.2) is 12.2 Å². The van der Waals surface area contributed by atoms with E-state index in [1.54, 1.807) is 12.0 Å². The average Bonchev–Trinajstić information content (AvgIpc) is 3.09. The summed E-state index contributed by atoms with van der Waals surface area (Å²) in [5.41, 5.74) is 1.58. The van der Waals surface area contributed by atoms with Crippen molar-refractivity contribution in [1.82, 2.24) is 0 Å². The second-order valence-corrected chi connectivity index (χ2v) is 7.11. The van der Waals surface area contributed by atoms with E-state index in [1.807, 2.05) is 0 Å². The quantitative estimate of drug-likeness (QED) is 0.582. The Morgan fingerprint density at radius 3 is 2.41 bits per heavy atom. The van der Waals surface area contributed by atoms with Gasteiger partial charge in [-0.15, -0.1) is 0 Å². The van der Waals surface area contributed by atoms with E-state index < -0.39 is 0 Å². The molecule has 0 spiro atoms. The number of hydrogen-bond donors (Lipinski definition) is 0.